The van der Waals surface area contributed by atoms with E-state index >= 15 is 0 Å². The third-order valence-corrected chi connectivity index (χ3v) is 4.26. The average molecular weight is 294 g/mol. The highest BCUT2D eigenvalue weighted by Crippen LogP contribution is 2.44. The molecule has 1 N–H and O–H groups in total. The van der Waals surface area contributed by atoms with Crippen molar-refractivity contribution in [3.8, 4) is 11.5 Å². The molecular weight excluding hydrogens is 272 g/mol. The van der Waals surface area contributed by atoms with Crippen LogP contribution in [-0.4, -0.2) is 30.7 Å². The van der Waals surface area contributed by atoms with Crippen molar-refractivity contribution in [2.75, 3.05) is 13.7 Å². The highest BCUT2D eigenvalue weighted by atomic mass is 16.6. The van der Waals surface area contributed by atoms with Gasteiger partial charge in [0.05, 0.1) is 12.0 Å². The molecule has 0 aromatic heterocycles. The Morgan fingerprint density at radius 2 is 2.19 bits per heavy atom. The number of nitro benzene ring substituents is 1. The molecule has 2 unspecified atom stereocenters. The molecule has 0 amide bonds. The minimum Gasteiger partial charge on any atom is -0.497 e. The number of benzene rings is 1. The van der Waals surface area contributed by atoms with Gasteiger partial charge >= 0.3 is 5.69 Å². The van der Waals surface area contributed by atoms with Crippen molar-refractivity contribution in [1.82, 2.24) is 5.32 Å². The summed E-state index contributed by atoms with van der Waals surface area (Å²) >= 11 is 0. The Labute approximate surface area is 124 Å². The topological polar surface area (TPSA) is 73.6 Å². The van der Waals surface area contributed by atoms with Crippen molar-refractivity contribution in [3.63, 3.8) is 0 Å². The summed E-state index contributed by atoms with van der Waals surface area (Å²) in [4.78, 5) is 10.7. The molecule has 0 bridgehead atoms. The number of nitrogens with one attached hydrogen (secondary N) is 1. The molecule has 1 aromatic rings. The highest BCUT2D eigenvalue weighted by Gasteiger charge is 2.50. The molecule has 0 saturated heterocycles. The van der Waals surface area contributed by atoms with Gasteiger partial charge in [-0.05, 0) is 12.6 Å². The maximum Gasteiger partial charge on any atom is 0.311 e. The molecule has 2 atom stereocenters. The zero-order chi connectivity index (χ0) is 15.6. The molecule has 0 aliphatic heterocycles. The lowest BCUT2D eigenvalue weighted by molar-refractivity contribution is -0.386. The molecule has 1 saturated carbocycles. The van der Waals surface area contributed by atoms with E-state index in [1.165, 1.54) is 13.2 Å². The van der Waals surface area contributed by atoms with Gasteiger partial charge in [0.25, 0.3) is 0 Å². The van der Waals surface area contributed by atoms with Gasteiger partial charge in [0.2, 0.25) is 5.75 Å². The van der Waals surface area contributed by atoms with Gasteiger partial charge in [-0.3, -0.25) is 10.1 Å². The maximum absolute atomic E-state index is 11.1. The Morgan fingerprint density at radius 3 is 2.71 bits per heavy atom. The van der Waals surface area contributed by atoms with E-state index in [0.717, 1.165) is 13.0 Å². The van der Waals surface area contributed by atoms with Crippen molar-refractivity contribution in [1.29, 1.82) is 0 Å². The van der Waals surface area contributed by atoms with E-state index in [-0.39, 0.29) is 23.0 Å². The van der Waals surface area contributed by atoms with Crippen LogP contribution in [0.1, 0.15) is 27.2 Å². The molecule has 6 heteroatoms. The van der Waals surface area contributed by atoms with Crippen LogP contribution in [0.2, 0.25) is 0 Å². The Bertz CT molecular complexity index is 530. The first kappa shape index (κ1) is 15.6. The number of methoxy groups -OCH3 is 1. The fourth-order valence-electron chi connectivity index (χ4n) is 2.70. The van der Waals surface area contributed by atoms with Crippen molar-refractivity contribution >= 4 is 5.69 Å². The van der Waals surface area contributed by atoms with Crippen LogP contribution >= 0.6 is 0 Å². The standard InChI is InChI=1S/C15H22N2O4/c1-5-16-13-9-14(15(13,2)3)21-12-8-10(20-4)6-7-11(12)17(18)19/h6-8,13-14,16H,5,9H2,1-4H3. The Hall–Kier alpha value is -1.82. The maximum atomic E-state index is 11.1. The van der Waals surface area contributed by atoms with Crippen LogP contribution in [0, 0.1) is 15.5 Å². The summed E-state index contributed by atoms with van der Waals surface area (Å²) in [6.07, 6.45) is 0.794. The second-order valence-electron chi connectivity index (χ2n) is 5.86. The molecule has 2 rings (SSSR count). The first-order valence-electron chi connectivity index (χ1n) is 7.12. The van der Waals surface area contributed by atoms with Crippen LogP contribution in [0.3, 0.4) is 0 Å². The summed E-state index contributed by atoms with van der Waals surface area (Å²) in [5, 5.41) is 14.5. The minimum atomic E-state index is -0.428. The van der Waals surface area contributed by atoms with Crippen LogP contribution in [0.15, 0.2) is 18.2 Å². The van der Waals surface area contributed by atoms with E-state index in [9.17, 15) is 10.1 Å². The first-order valence-corrected chi connectivity index (χ1v) is 7.12. The van der Waals surface area contributed by atoms with Crippen molar-refractivity contribution in [3.05, 3.63) is 28.3 Å². The summed E-state index contributed by atoms with van der Waals surface area (Å²) in [6, 6.07) is 4.94. The monoisotopic (exact) mass is 294 g/mol. The number of nitro groups is 1. The van der Waals surface area contributed by atoms with E-state index in [2.05, 4.69) is 26.1 Å². The SMILES string of the molecule is CCNC1CC(Oc2cc(OC)ccc2[N+](=O)[O-])C1(C)C. The summed E-state index contributed by atoms with van der Waals surface area (Å²) in [5.41, 5.74) is -0.0917. The highest BCUT2D eigenvalue weighted by molar-refractivity contribution is 5.50. The summed E-state index contributed by atoms with van der Waals surface area (Å²) in [5.74, 6) is 0.823. The number of hydrogen-bond donors (Lipinski definition) is 1. The Balaban J connectivity index is 2.18. The van der Waals surface area contributed by atoms with Gasteiger partial charge in [0, 0.05) is 30.0 Å². The Kier molecular flexibility index (Phi) is 4.37. The largest absolute Gasteiger partial charge is 0.497 e. The van der Waals surface area contributed by atoms with Crippen molar-refractivity contribution in [2.24, 2.45) is 5.41 Å². The van der Waals surface area contributed by atoms with Crippen molar-refractivity contribution in [2.45, 2.75) is 39.3 Å². The number of rotatable bonds is 6. The number of nitrogens with zero attached hydrogens (tertiary/aromatic N) is 1. The normalized spacial score (nSPS) is 23.2. The van der Waals surface area contributed by atoms with E-state index in [4.69, 9.17) is 9.47 Å². The van der Waals surface area contributed by atoms with Crippen LogP contribution < -0.4 is 14.8 Å². The lowest BCUT2D eigenvalue weighted by Crippen LogP contribution is -2.62. The first-order chi connectivity index (χ1) is 9.90. The summed E-state index contributed by atoms with van der Waals surface area (Å²) in [6.45, 7) is 7.19. The molecule has 6 nitrogen and oxygen atoms in total. The fraction of sp³-hybridized carbons (Fsp3) is 0.600. The zero-order valence-corrected chi connectivity index (χ0v) is 12.9. The Morgan fingerprint density at radius 1 is 1.48 bits per heavy atom. The third kappa shape index (κ3) is 2.95. The molecular formula is C15H22N2O4. The summed E-state index contributed by atoms with van der Waals surface area (Å²) < 4.78 is 11.0. The number of hydrogen-bond acceptors (Lipinski definition) is 5. The van der Waals surface area contributed by atoms with Gasteiger partial charge < -0.3 is 14.8 Å². The van der Waals surface area contributed by atoms with E-state index < -0.39 is 4.92 Å². The predicted molar refractivity (Wildman–Crippen MR) is 79.9 cm³/mol. The van der Waals surface area contributed by atoms with Gasteiger partial charge in [-0.25, -0.2) is 0 Å². The van der Waals surface area contributed by atoms with Crippen LogP contribution in [-0.2, 0) is 0 Å². The zero-order valence-electron chi connectivity index (χ0n) is 12.9. The van der Waals surface area contributed by atoms with Crippen LogP contribution in [0.4, 0.5) is 5.69 Å². The fourth-order valence-corrected chi connectivity index (χ4v) is 2.70. The van der Waals surface area contributed by atoms with Crippen molar-refractivity contribution < 1.29 is 14.4 Å². The van der Waals surface area contributed by atoms with Gasteiger partial charge in [0.1, 0.15) is 11.9 Å². The number of ether oxygens (including phenoxy) is 2. The van der Waals surface area contributed by atoms with Gasteiger partial charge in [-0.2, -0.15) is 0 Å². The van der Waals surface area contributed by atoms with Crippen LogP contribution in [0.25, 0.3) is 0 Å². The second kappa shape index (κ2) is 5.89. The van der Waals surface area contributed by atoms with Gasteiger partial charge in [-0.15, -0.1) is 0 Å². The molecule has 1 aliphatic carbocycles. The average Bonchev–Trinajstić information content (AvgIpc) is 2.45. The van der Waals surface area contributed by atoms with E-state index in [1.54, 1.807) is 12.1 Å². The summed E-state index contributed by atoms with van der Waals surface area (Å²) in [7, 11) is 1.53. The molecule has 0 spiro atoms. The van der Waals surface area contributed by atoms with E-state index in [0.29, 0.717) is 11.8 Å². The molecule has 1 fully saturated rings. The second-order valence-corrected chi connectivity index (χ2v) is 5.86. The third-order valence-electron chi connectivity index (χ3n) is 4.26. The smallest absolute Gasteiger partial charge is 0.311 e. The predicted octanol–water partition coefficient (Wildman–Crippen LogP) is 2.76. The lowest BCUT2D eigenvalue weighted by Gasteiger charge is -2.51. The molecule has 0 radical (unpaired) electrons. The minimum absolute atomic E-state index is 0.0292. The molecule has 116 valence electrons. The molecule has 0 heterocycles. The lowest BCUT2D eigenvalue weighted by atomic mass is 9.64. The molecule has 1 aromatic carbocycles. The van der Waals surface area contributed by atoms with Gasteiger partial charge in [-0.1, -0.05) is 20.8 Å². The van der Waals surface area contributed by atoms with Gasteiger partial charge in [0.15, 0.2) is 0 Å². The van der Waals surface area contributed by atoms with E-state index in [1.807, 2.05) is 0 Å². The quantitative estimate of drug-likeness (QED) is 0.645. The van der Waals surface area contributed by atoms with Crippen LogP contribution in [0.5, 0.6) is 11.5 Å². The molecule has 21 heavy (non-hydrogen) atoms. The molecule has 1 aliphatic rings.